The molecular formula is C16H19NO3S. The number of carboxylic acid groups (broad SMARTS) is 1. The van der Waals surface area contributed by atoms with Gasteiger partial charge in [-0.15, -0.1) is 11.8 Å². The van der Waals surface area contributed by atoms with Crippen LogP contribution in [0.2, 0.25) is 0 Å². The maximum Gasteiger partial charge on any atom is 0.335 e. The Bertz CT molecular complexity index is 595. The molecule has 1 N–H and O–H groups in total. The highest BCUT2D eigenvalue weighted by molar-refractivity contribution is 8.00. The lowest BCUT2D eigenvalue weighted by Gasteiger charge is -2.18. The third-order valence-electron chi connectivity index (χ3n) is 3.62. The summed E-state index contributed by atoms with van der Waals surface area (Å²) in [4.78, 5) is 25.8. The molecule has 0 heterocycles. The van der Waals surface area contributed by atoms with Crippen molar-refractivity contribution in [3.63, 3.8) is 0 Å². The van der Waals surface area contributed by atoms with E-state index in [4.69, 9.17) is 5.11 Å². The Morgan fingerprint density at radius 1 is 1.38 bits per heavy atom. The van der Waals surface area contributed by atoms with E-state index in [0.717, 1.165) is 35.4 Å². The summed E-state index contributed by atoms with van der Waals surface area (Å²) < 4.78 is 0. The Labute approximate surface area is 128 Å². The van der Waals surface area contributed by atoms with Crippen molar-refractivity contribution in [2.24, 2.45) is 0 Å². The second-order valence-electron chi connectivity index (χ2n) is 5.11. The van der Waals surface area contributed by atoms with E-state index < -0.39 is 5.97 Å². The molecule has 0 fully saturated rings. The summed E-state index contributed by atoms with van der Waals surface area (Å²) in [5.74, 6) is -0.573. The van der Waals surface area contributed by atoms with Crippen LogP contribution in [-0.4, -0.2) is 34.7 Å². The number of carboxylic acids is 1. The highest BCUT2D eigenvalue weighted by Crippen LogP contribution is 2.24. The van der Waals surface area contributed by atoms with Crippen molar-refractivity contribution in [3.05, 3.63) is 41.1 Å². The highest BCUT2D eigenvalue weighted by atomic mass is 32.2. The average Bonchev–Trinajstić information content (AvgIpc) is 2.99. The van der Waals surface area contributed by atoms with Gasteiger partial charge in [0, 0.05) is 17.6 Å². The predicted molar refractivity (Wildman–Crippen MR) is 83.6 cm³/mol. The van der Waals surface area contributed by atoms with Crippen molar-refractivity contribution in [3.8, 4) is 0 Å². The molecule has 0 bridgehead atoms. The smallest absolute Gasteiger partial charge is 0.335 e. The molecule has 0 spiro atoms. The first-order valence-electron chi connectivity index (χ1n) is 6.91. The summed E-state index contributed by atoms with van der Waals surface area (Å²) in [6, 6.07) is 5.26. The first-order chi connectivity index (χ1) is 9.99. The third kappa shape index (κ3) is 3.88. The van der Waals surface area contributed by atoms with E-state index >= 15 is 0 Å². The number of aromatic carboxylic acids is 1. The van der Waals surface area contributed by atoms with Crippen LogP contribution in [0.1, 0.15) is 35.2 Å². The quantitative estimate of drug-likeness (QED) is 0.848. The van der Waals surface area contributed by atoms with Crippen LogP contribution >= 0.6 is 11.8 Å². The van der Waals surface area contributed by atoms with Crippen LogP contribution in [0.25, 0.3) is 0 Å². The van der Waals surface area contributed by atoms with E-state index in [0.29, 0.717) is 11.3 Å². The van der Waals surface area contributed by atoms with Crippen LogP contribution in [-0.2, 0) is 4.79 Å². The average molecular weight is 305 g/mol. The fourth-order valence-corrected chi connectivity index (χ4v) is 3.13. The fraction of sp³-hybridized carbons (Fsp3) is 0.375. The first-order valence-corrected chi connectivity index (χ1v) is 7.90. The molecule has 1 aromatic carbocycles. The molecule has 0 atom stereocenters. The second-order valence-corrected chi connectivity index (χ2v) is 6.16. The van der Waals surface area contributed by atoms with Crippen molar-refractivity contribution >= 4 is 23.6 Å². The second kappa shape index (κ2) is 6.80. The van der Waals surface area contributed by atoms with Gasteiger partial charge < -0.3 is 10.0 Å². The number of aryl methyl sites for hydroxylation is 1. The largest absolute Gasteiger partial charge is 0.478 e. The molecule has 0 aromatic heterocycles. The van der Waals surface area contributed by atoms with E-state index in [1.54, 1.807) is 31.0 Å². The summed E-state index contributed by atoms with van der Waals surface area (Å²) in [5.41, 5.74) is 2.11. The number of thioether (sulfide) groups is 1. The Kier molecular flexibility index (Phi) is 5.07. The van der Waals surface area contributed by atoms with Crippen LogP contribution in [0.5, 0.6) is 0 Å². The van der Waals surface area contributed by atoms with Gasteiger partial charge in [-0.3, -0.25) is 4.79 Å². The maximum absolute atomic E-state index is 12.1. The SMILES string of the molecule is Cc1ccc(SCC(=O)N(C)C2=CCCC2)cc1C(=O)O. The molecule has 112 valence electrons. The Morgan fingerprint density at radius 2 is 2.14 bits per heavy atom. The Hall–Kier alpha value is -1.75. The van der Waals surface area contributed by atoms with Gasteiger partial charge in [0.2, 0.25) is 5.91 Å². The van der Waals surface area contributed by atoms with Gasteiger partial charge in [-0.2, -0.15) is 0 Å². The number of amides is 1. The van der Waals surface area contributed by atoms with Crippen LogP contribution in [0.4, 0.5) is 0 Å². The number of carbonyl (C=O) groups excluding carboxylic acids is 1. The number of hydrogen-bond donors (Lipinski definition) is 1. The molecule has 4 nitrogen and oxygen atoms in total. The number of rotatable bonds is 5. The standard InChI is InChI=1S/C16H19NO3S/c1-11-7-8-13(9-14(11)16(19)20)21-10-15(18)17(2)12-5-3-4-6-12/h5,7-9H,3-4,6,10H2,1-2H3,(H,19,20). The van der Waals surface area contributed by atoms with Gasteiger partial charge in [-0.25, -0.2) is 4.79 Å². The van der Waals surface area contributed by atoms with Crippen molar-refractivity contribution in [2.75, 3.05) is 12.8 Å². The first kappa shape index (κ1) is 15.6. The van der Waals surface area contributed by atoms with Gasteiger partial charge in [0.05, 0.1) is 11.3 Å². The molecule has 21 heavy (non-hydrogen) atoms. The van der Waals surface area contributed by atoms with Gasteiger partial charge in [0.15, 0.2) is 0 Å². The zero-order chi connectivity index (χ0) is 15.4. The molecule has 0 unspecified atom stereocenters. The normalized spacial score (nSPS) is 13.9. The molecule has 5 heteroatoms. The van der Waals surface area contributed by atoms with Crippen molar-refractivity contribution < 1.29 is 14.7 Å². The summed E-state index contributed by atoms with van der Waals surface area (Å²) in [6.07, 6.45) is 5.22. The van der Waals surface area contributed by atoms with Crippen molar-refractivity contribution in [1.82, 2.24) is 4.90 Å². The summed E-state index contributed by atoms with van der Waals surface area (Å²) in [7, 11) is 1.80. The lowest BCUT2D eigenvalue weighted by Crippen LogP contribution is -2.26. The van der Waals surface area contributed by atoms with E-state index in [-0.39, 0.29) is 5.91 Å². The van der Waals surface area contributed by atoms with Gasteiger partial charge in [0.25, 0.3) is 0 Å². The number of nitrogens with zero attached hydrogens (tertiary/aromatic N) is 1. The Balaban J connectivity index is 1.98. The lowest BCUT2D eigenvalue weighted by molar-refractivity contribution is -0.125. The van der Waals surface area contributed by atoms with E-state index in [1.807, 2.05) is 6.07 Å². The molecule has 0 aliphatic heterocycles. The molecule has 0 saturated carbocycles. The van der Waals surface area contributed by atoms with E-state index in [9.17, 15) is 9.59 Å². The Morgan fingerprint density at radius 3 is 2.76 bits per heavy atom. The minimum absolute atomic E-state index is 0.0469. The number of allylic oxidation sites excluding steroid dienone is 2. The topological polar surface area (TPSA) is 57.6 Å². The minimum atomic E-state index is -0.936. The number of carbonyl (C=O) groups is 2. The molecular weight excluding hydrogens is 286 g/mol. The van der Waals surface area contributed by atoms with Gasteiger partial charge in [0.1, 0.15) is 0 Å². The number of benzene rings is 1. The molecule has 1 aromatic rings. The van der Waals surface area contributed by atoms with E-state index in [2.05, 4.69) is 6.08 Å². The third-order valence-corrected chi connectivity index (χ3v) is 4.60. The maximum atomic E-state index is 12.1. The zero-order valence-corrected chi connectivity index (χ0v) is 13.1. The van der Waals surface area contributed by atoms with Crippen LogP contribution in [0.15, 0.2) is 34.9 Å². The highest BCUT2D eigenvalue weighted by Gasteiger charge is 2.16. The molecule has 0 radical (unpaired) electrons. The predicted octanol–water partition coefficient (Wildman–Crippen LogP) is 3.31. The van der Waals surface area contributed by atoms with Crippen LogP contribution in [0, 0.1) is 6.92 Å². The summed E-state index contributed by atoms with van der Waals surface area (Å²) in [6.45, 7) is 1.77. The fourth-order valence-electron chi connectivity index (χ4n) is 2.28. The van der Waals surface area contributed by atoms with Gasteiger partial charge in [-0.1, -0.05) is 12.1 Å². The minimum Gasteiger partial charge on any atom is -0.478 e. The van der Waals surface area contributed by atoms with Crippen molar-refractivity contribution in [2.45, 2.75) is 31.1 Å². The molecule has 1 aliphatic carbocycles. The zero-order valence-electron chi connectivity index (χ0n) is 12.3. The van der Waals surface area contributed by atoms with Crippen LogP contribution < -0.4 is 0 Å². The number of hydrogen-bond acceptors (Lipinski definition) is 3. The van der Waals surface area contributed by atoms with Crippen LogP contribution in [0.3, 0.4) is 0 Å². The lowest BCUT2D eigenvalue weighted by atomic mass is 10.1. The molecule has 1 amide bonds. The van der Waals surface area contributed by atoms with Gasteiger partial charge >= 0.3 is 5.97 Å². The molecule has 2 rings (SSSR count). The summed E-state index contributed by atoms with van der Waals surface area (Å²) in [5, 5.41) is 9.11. The molecule has 0 saturated heterocycles. The van der Waals surface area contributed by atoms with E-state index in [1.165, 1.54) is 11.8 Å². The summed E-state index contributed by atoms with van der Waals surface area (Å²) >= 11 is 1.37. The van der Waals surface area contributed by atoms with Gasteiger partial charge in [-0.05, 0) is 43.9 Å². The monoisotopic (exact) mass is 305 g/mol. The van der Waals surface area contributed by atoms with Crippen molar-refractivity contribution in [1.29, 1.82) is 0 Å². The molecule has 1 aliphatic rings.